The number of carbonyl (C=O) groups excluding carboxylic acids is 3. The zero-order valence-corrected chi connectivity index (χ0v) is 15.8. The molecule has 152 valence electrons. The van der Waals surface area contributed by atoms with Crippen LogP contribution in [0.25, 0.3) is 0 Å². The number of benzene rings is 1. The highest BCUT2D eigenvalue weighted by molar-refractivity contribution is 5.97. The van der Waals surface area contributed by atoms with Crippen LogP contribution in [0.3, 0.4) is 0 Å². The third-order valence-corrected chi connectivity index (χ3v) is 4.48. The number of rotatable bonds is 7. The molecule has 1 saturated carbocycles. The first-order valence-electron chi connectivity index (χ1n) is 9.13. The second kappa shape index (κ2) is 8.55. The van der Waals surface area contributed by atoms with Crippen molar-refractivity contribution >= 4 is 23.4 Å². The van der Waals surface area contributed by atoms with Crippen LogP contribution in [0.4, 0.5) is 5.69 Å². The first-order valence-corrected chi connectivity index (χ1v) is 9.13. The molecule has 1 aliphatic rings. The van der Waals surface area contributed by atoms with Crippen LogP contribution < -0.4 is 27.2 Å². The summed E-state index contributed by atoms with van der Waals surface area (Å²) in [5.41, 5.74) is -0.466. The van der Waals surface area contributed by atoms with E-state index >= 15 is 0 Å². The largest absolute Gasteiger partial charge is 0.350 e. The number of nitrogens with zero attached hydrogens (tertiary/aromatic N) is 1. The second-order valence-corrected chi connectivity index (χ2v) is 6.72. The van der Waals surface area contributed by atoms with Gasteiger partial charge in [0.15, 0.2) is 0 Å². The highest BCUT2D eigenvalue weighted by atomic mass is 16.2. The van der Waals surface area contributed by atoms with E-state index in [4.69, 9.17) is 0 Å². The molecule has 0 radical (unpaired) electrons. The lowest BCUT2D eigenvalue weighted by Gasteiger charge is -2.08. The number of H-pyrrole nitrogens is 1. The summed E-state index contributed by atoms with van der Waals surface area (Å²) in [7, 11) is 1.26. The van der Waals surface area contributed by atoms with E-state index in [-0.39, 0.29) is 36.4 Å². The molecule has 2 aromatic rings. The summed E-state index contributed by atoms with van der Waals surface area (Å²) in [5.74, 6) is -0.883. The number of nitrogens with one attached hydrogen (secondary N) is 4. The van der Waals surface area contributed by atoms with Gasteiger partial charge in [-0.05, 0) is 37.1 Å². The number of hydrogen-bond acceptors (Lipinski definition) is 5. The summed E-state index contributed by atoms with van der Waals surface area (Å²) >= 11 is 0. The minimum Gasteiger partial charge on any atom is -0.350 e. The number of amides is 3. The quantitative estimate of drug-likeness (QED) is 0.468. The normalized spacial score (nSPS) is 12.9. The Balaban J connectivity index is 1.45. The molecule has 4 N–H and O–H groups in total. The van der Waals surface area contributed by atoms with Crippen LogP contribution in [-0.2, 0) is 11.8 Å². The summed E-state index contributed by atoms with van der Waals surface area (Å²) in [6.45, 7) is 0.247. The van der Waals surface area contributed by atoms with Gasteiger partial charge in [0.1, 0.15) is 5.56 Å². The van der Waals surface area contributed by atoms with Gasteiger partial charge in [-0.3, -0.25) is 23.7 Å². The Hall–Kier alpha value is -3.69. The zero-order valence-electron chi connectivity index (χ0n) is 15.8. The van der Waals surface area contributed by atoms with E-state index in [2.05, 4.69) is 20.9 Å². The van der Waals surface area contributed by atoms with Gasteiger partial charge in [0.2, 0.25) is 5.91 Å². The van der Waals surface area contributed by atoms with Gasteiger partial charge in [0.25, 0.3) is 17.4 Å². The van der Waals surface area contributed by atoms with Crippen molar-refractivity contribution in [2.24, 2.45) is 13.0 Å². The Bertz CT molecular complexity index is 1050. The summed E-state index contributed by atoms with van der Waals surface area (Å²) in [6, 6.07) is 6.51. The molecule has 1 fully saturated rings. The van der Waals surface area contributed by atoms with Crippen molar-refractivity contribution in [3.63, 3.8) is 0 Å². The number of aromatic nitrogens is 2. The van der Waals surface area contributed by atoms with E-state index in [0.29, 0.717) is 11.3 Å². The minimum atomic E-state index is -0.704. The van der Waals surface area contributed by atoms with Crippen molar-refractivity contribution in [3.8, 4) is 0 Å². The van der Waals surface area contributed by atoms with Gasteiger partial charge in [0, 0.05) is 43.5 Å². The molecule has 0 atom stereocenters. The van der Waals surface area contributed by atoms with E-state index in [1.54, 1.807) is 24.3 Å². The van der Waals surface area contributed by atoms with Crippen molar-refractivity contribution in [2.45, 2.75) is 12.8 Å². The predicted octanol–water partition coefficient (Wildman–Crippen LogP) is -0.418. The number of carbonyl (C=O) groups is 3. The monoisotopic (exact) mass is 399 g/mol. The topological polar surface area (TPSA) is 142 Å². The zero-order chi connectivity index (χ0) is 21.0. The number of aromatic amines is 1. The molecule has 0 spiro atoms. The Kier molecular flexibility index (Phi) is 5.91. The molecular formula is C19H21N5O5. The highest BCUT2D eigenvalue weighted by Crippen LogP contribution is 2.30. The molecule has 0 bridgehead atoms. The Labute approximate surface area is 165 Å². The molecule has 0 unspecified atom stereocenters. The SMILES string of the molecule is Cn1c(=O)[nH]cc(C(=O)NCCNC(=O)c2ccc(NC(=O)C3CC3)cc2)c1=O. The van der Waals surface area contributed by atoms with Crippen LogP contribution in [0.15, 0.2) is 40.1 Å². The van der Waals surface area contributed by atoms with Crippen LogP contribution in [0.1, 0.15) is 33.6 Å². The van der Waals surface area contributed by atoms with Gasteiger partial charge in [-0.2, -0.15) is 0 Å². The van der Waals surface area contributed by atoms with E-state index in [1.165, 1.54) is 7.05 Å². The van der Waals surface area contributed by atoms with Gasteiger partial charge in [0.05, 0.1) is 0 Å². The van der Waals surface area contributed by atoms with E-state index < -0.39 is 17.2 Å². The molecule has 1 aromatic heterocycles. The molecule has 3 rings (SSSR count). The molecular weight excluding hydrogens is 378 g/mol. The molecule has 0 saturated heterocycles. The smallest absolute Gasteiger partial charge is 0.328 e. The van der Waals surface area contributed by atoms with E-state index in [0.717, 1.165) is 23.6 Å². The second-order valence-electron chi connectivity index (χ2n) is 6.72. The molecule has 1 aromatic carbocycles. The fourth-order valence-corrected chi connectivity index (χ4v) is 2.57. The molecule has 29 heavy (non-hydrogen) atoms. The molecule has 10 nitrogen and oxygen atoms in total. The van der Waals surface area contributed by atoms with Crippen molar-refractivity contribution < 1.29 is 14.4 Å². The maximum atomic E-state index is 12.1. The van der Waals surface area contributed by atoms with Crippen LogP contribution in [-0.4, -0.2) is 40.4 Å². The van der Waals surface area contributed by atoms with Gasteiger partial charge in [-0.1, -0.05) is 0 Å². The summed E-state index contributed by atoms with van der Waals surface area (Å²) in [4.78, 5) is 61.4. The van der Waals surface area contributed by atoms with Gasteiger partial charge in [-0.25, -0.2) is 4.79 Å². The summed E-state index contributed by atoms with van der Waals surface area (Å²) in [5, 5.41) is 7.95. The van der Waals surface area contributed by atoms with Crippen LogP contribution >= 0.6 is 0 Å². The lowest BCUT2D eigenvalue weighted by molar-refractivity contribution is -0.117. The van der Waals surface area contributed by atoms with Gasteiger partial charge < -0.3 is 20.9 Å². The van der Waals surface area contributed by atoms with E-state index in [1.807, 2.05) is 0 Å². The Morgan fingerprint density at radius 2 is 1.66 bits per heavy atom. The van der Waals surface area contributed by atoms with Gasteiger partial charge >= 0.3 is 5.69 Å². The lowest BCUT2D eigenvalue weighted by Crippen LogP contribution is -2.41. The lowest BCUT2D eigenvalue weighted by atomic mass is 10.2. The van der Waals surface area contributed by atoms with Gasteiger partial charge in [-0.15, -0.1) is 0 Å². The average molecular weight is 399 g/mol. The molecule has 0 aliphatic heterocycles. The fourth-order valence-electron chi connectivity index (χ4n) is 2.57. The maximum absolute atomic E-state index is 12.1. The molecule has 3 amide bonds. The number of anilines is 1. The molecule has 10 heteroatoms. The van der Waals surface area contributed by atoms with Crippen molar-refractivity contribution in [2.75, 3.05) is 18.4 Å². The minimum absolute atomic E-state index is 0.00438. The average Bonchev–Trinajstić information content (AvgIpc) is 3.55. The third kappa shape index (κ3) is 4.98. The molecule has 1 aliphatic carbocycles. The van der Waals surface area contributed by atoms with Crippen molar-refractivity contribution in [1.82, 2.24) is 20.2 Å². The fraction of sp³-hybridized carbons (Fsp3) is 0.316. The van der Waals surface area contributed by atoms with E-state index in [9.17, 15) is 24.0 Å². The predicted molar refractivity (Wildman–Crippen MR) is 105 cm³/mol. The summed E-state index contributed by atoms with van der Waals surface area (Å²) in [6.07, 6.45) is 2.89. The molecule has 1 heterocycles. The maximum Gasteiger partial charge on any atom is 0.328 e. The number of hydrogen-bond donors (Lipinski definition) is 4. The van der Waals surface area contributed by atoms with Crippen LogP contribution in [0.2, 0.25) is 0 Å². The van der Waals surface area contributed by atoms with Crippen molar-refractivity contribution in [3.05, 3.63) is 62.4 Å². The Morgan fingerprint density at radius 3 is 2.28 bits per heavy atom. The van der Waals surface area contributed by atoms with Crippen LogP contribution in [0.5, 0.6) is 0 Å². The first-order chi connectivity index (χ1) is 13.9. The van der Waals surface area contributed by atoms with Crippen molar-refractivity contribution in [1.29, 1.82) is 0 Å². The Morgan fingerprint density at radius 1 is 1.03 bits per heavy atom. The first kappa shape index (κ1) is 20.1. The van der Waals surface area contributed by atoms with Crippen LogP contribution in [0, 0.1) is 5.92 Å². The third-order valence-electron chi connectivity index (χ3n) is 4.48. The summed E-state index contributed by atoms with van der Waals surface area (Å²) < 4.78 is 0.799. The highest BCUT2D eigenvalue weighted by Gasteiger charge is 2.29. The standard InChI is InChI=1S/C19H21N5O5/c1-24-18(28)14(10-22-19(24)29)17(27)21-9-8-20-15(25)11-4-6-13(7-5-11)23-16(26)12-2-3-12/h4-7,10,12H,2-3,8-9H2,1H3,(H,20,25)(H,21,27)(H,22,29)(H,23,26).